The molecular formula is C39H46N4O4. The van der Waals surface area contributed by atoms with E-state index in [0.29, 0.717) is 13.1 Å². The molecule has 47 heavy (non-hydrogen) atoms. The molecular weight excluding hydrogens is 588 g/mol. The van der Waals surface area contributed by atoms with Gasteiger partial charge in [0.1, 0.15) is 12.2 Å². The summed E-state index contributed by atoms with van der Waals surface area (Å²) in [4.78, 5) is 29.8. The Kier molecular flexibility index (Phi) is 12.5. The van der Waals surface area contributed by atoms with E-state index in [4.69, 9.17) is 9.47 Å². The zero-order valence-electron chi connectivity index (χ0n) is 27.5. The van der Waals surface area contributed by atoms with Crippen molar-refractivity contribution in [2.24, 2.45) is 0 Å². The molecule has 0 atom stereocenters. The lowest BCUT2D eigenvalue weighted by atomic mass is 10.0. The fourth-order valence-electron chi connectivity index (χ4n) is 5.93. The van der Waals surface area contributed by atoms with Gasteiger partial charge >= 0.3 is 12.2 Å². The Bertz CT molecular complexity index is 1550. The summed E-state index contributed by atoms with van der Waals surface area (Å²) in [7, 11) is 0. The maximum atomic E-state index is 12.7. The molecule has 0 spiro atoms. The number of anilines is 1. The van der Waals surface area contributed by atoms with Crippen molar-refractivity contribution in [1.82, 2.24) is 15.1 Å². The van der Waals surface area contributed by atoms with Gasteiger partial charge in [0.25, 0.3) is 0 Å². The average Bonchev–Trinajstić information content (AvgIpc) is 3.09. The number of hydrogen-bond acceptors (Lipinski definition) is 6. The van der Waals surface area contributed by atoms with E-state index in [1.54, 1.807) is 0 Å². The van der Waals surface area contributed by atoms with Gasteiger partial charge in [-0.25, -0.2) is 9.59 Å². The van der Waals surface area contributed by atoms with Crippen LogP contribution in [0.1, 0.15) is 45.1 Å². The van der Waals surface area contributed by atoms with Crippen molar-refractivity contribution in [2.45, 2.75) is 58.2 Å². The minimum atomic E-state index is -0.415. The van der Waals surface area contributed by atoms with Crippen molar-refractivity contribution in [2.75, 3.05) is 44.6 Å². The number of rotatable bonds is 9. The van der Waals surface area contributed by atoms with Crippen LogP contribution in [0, 0.1) is 11.8 Å². The molecule has 2 heterocycles. The second-order valence-electron chi connectivity index (χ2n) is 12.3. The first-order valence-corrected chi connectivity index (χ1v) is 16.6. The highest BCUT2D eigenvalue weighted by molar-refractivity contribution is 5.91. The molecule has 3 aromatic rings. The highest BCUT2D eigenvalue weighted by Crippen LogP contribution is 2.28. The van der Waals surface area contributed by atoms with E-state index in [2.05, 4.69) is 44.4 Å². The number of ether oxygens (including phenoxy) is 2. The van der Waals surface area contributed by atoms with Gasteiger partial charge in [0, 0.05) is 37.4 Å². The molecule has 2 saturated heterocycles. The Balaban J connectivity index is 0.950. The highest BCUT2D eigenvalue weighted by Gasteiger charge is 2.23. The minimum absolute atomic E-state index is 0.0781. The van der Waals surface area contributed by atoms with Gasteiger partial charge in [-0.3, -0.25) is 20.4 Å². The third-order valence-electron chi connectivity index (χ3n) is 8.84. The summed E-state index contributed by atoms with van der Waals surface area (Å²) in [5.74, 6) is 6.64. The first-order chi connectivity index (χ1) is 22.9. The molecule has 3 aromatic carbocycles. The fourth-order valence-corrected chi connectivity index (χ4v) is 5.93. The van der Waals surface area contributed by atoms with Crippen LogP contribution in [0.2, 0.25) is 0 Å². The molecule has 2 aliphatic rings. The van der Waals surface area contributed by atoms with E-state index in [-0.39, 0.29) is 18.3 Å². The molecule has 2 amide bonds. The van der Waals surface area contributed by atoms with Crippen molar-refractivity contribution in [3.8, 4) is 23.0 Å². The summed E-state index contributed by atoms with van der Waals surface area (Å²) in [6, 6.07) is 28.0. The van der Waals surface area contributed by atoms with Crippen LogP contribution in [-0.2, 0) is 15.9 Å². The normalized spacial score (nSPS) is 16.7. The number of likely N-dealkylation sites (tertiary alicyclic amines) is 2. The molecule has 8 nitrogen and oxygen atoms in total. The molecule has 246 valence electrons. The van der Waals surface area contributed by atoms with E-state index in [9.17, 15) is 9.59 Å². The van der Waals surface area contributed by atoms with E-state index in [0.717, 1.165) is 86.4 Å². The Morgan fingerprint density at radius 1 is 0.702 bits per heavy atom. The molecule has 0 aromatic heterocycles. The van der Waals surface area contributed by atoms with Gasteiger partial charge in [0.15, 0.2) is 0 Å². The maximum absolute atomic E-state index is 12.7. The first kappa shape index (κ1) is 33.8. The molecule has 0 bridgehead atoms. The van der Waals surface area contributed by atoms with Gasteiger partial charge in [0.05, 0.1) is 18.8 Å². The number of para-hydroxylation sites is 1. The van der Waals surface area contributed by atoms with E-state index >= 15 is 0 Å². The quantitative estimate of drug-likeness (QED) is 0.245. The maximum Gasteiger partial charge on any atom is 0.411 e. The fraction of sp³-hybridized carbons (Fsp3) is 0.385. The van der Waals surface area contributed by atoms with Gasteiger partial charge in [-0.1, -0.05) is 90.7 Å². The number of benzene rings is 3. The predicted molar refractivity (Wildman–Crippen MR) is 187 cm³/mol. The van der Waals surface area contributed by atoms with Crippen LogP contribution in [0.15, 0.2) is 96.2 Å². The third-order valence-corrected chi connectivity index (χ3v) is 8.84. The lowest BCUT2D eigenvalue weighted by Gasteiger charge is -2.31. The van der Waals surface area contributed by atoms with E-state index < -0.39 is 6.09 Å². The number of hydrogen-bond donors (Lipinski definition) is 2. The number of nitrogens with one attached hydrogen (secondary N) is 2. The number of alkyl carbamates (subject to hydrolysis) is 1. The summed E-state index contributed by atoms with van der Waals surface area (Å²) in [6.45, 7) is 8.78. The summed E-state index contributed by atoms with van der Waals surface area (Å²) >= 11 is 0. The molecule has 0 saturated carbocycles. The number of nitrogens with zero attached hydrogens (tertiary/aromatic N) is 2. The Labute approximate surface area is 279 Å². The Morgan fingerprint density at radius 2 is 1.21 bits per heavy atom. The van der Waals surface area contributed by atoms with Crippen LogP contribution in [0.4, 0.5) is 15.3 Å². The molecule has 0 aliphatic carbocycles. The topological polar surface area (TPSA) is 83.1 Å². The lowest BCUT2D eigenvalue weighted by Crippen LogP contribution is -2.40. The number of allylic oxidation sites excluding steroid dienone is 2. The second kappa shape index (κ2) is 17.4. The average molecular weight is 635 g/mol. The summed E-state index contributed by atoms with van der Waals surface area (Å²) in [5.41, 5.74) is 5.92. The van der Waals surface area contributed by atoms with Crippen LogP contribution >= 0.6 is 0 Å². The van der Waals surface area contributed by atoms with Crippen LogP contribution in [0.25, 0.3) is 11.1 Å². The zero-order valence-corrected chi connectivity index (χ0v) is 27.5. The second-order valence-corrected chi connectivity index (χ2v) is 12.3. The lowest BCUT2D eigenvalue weighted by molar-refractivity contribution is 0.0555. The SMILES string of the molecule is C/C(Cc1ccccc1)=C(\C)NC(=O)OC1CCN(CC#CCN2CCC(OC(=O)Nc3ccccc3-c3ccccc3)CC2)CC1. The van der Waals surface area contributed by atoms with Gasteiger partial charge in [-0.05, 0) is 68.7 Å². The summed E-state index contributed by atoms with van der Waals surface area (Å²) in [5, 5.41) is 5.85. The number of amides is 2. The molecule has 2 fully saturated rings. The summed E-state index contributed by atoms with van der Waals surface area (Å²) in [6.07, 6.45) is 3.01. The van der Waals surface area contributed by atoms with Crippen LogP contribution in [0.3, 0.4) is 0 Å². The first-order valence-electron chi connectivity index (χ1n) is 16.6. The van der Waals surface area contributed by atoms with Gasteiger partial charge in [-0.2, -0.15) is 0 Å². The molecule has 2 N–H and O–H groups in total. The van der Waals surface area contributed by atoms with Gasteiger partial charge < -0.3 is 9.47 Å². The van der Waals surface area contributed by atoms with Crippen molar-refractivity contribution in [3.05, 3.63) is 102 Å². The largest absolute Gasteiger partial charge is 0.446 e. The van der Waals surface area contributed by atoms with E-state index in [1.165, 1.54) is 5.56 Å². The van der Waals surface area contributed by atoms with Crippen molar-refractivity contribution in [3.63, 3.8) is 0 Å². The molecule has 5 rings (SSSR count). The Hall–Kier alpha value is -4.58. The van der Waals surface area contributed by atoms with Crippen molar-refractivity contribution < 1.29 is 19.1 Å². The van der Waals surface area contributed by atoms with Crippen LogP contribution in [-0.4, -0.2) is 73.5 Å². The number of carbonyl (C=O) groups is 2. The predicted octanol–water partition coefficient (Wildman–Crippen LogP) is 7.10. The number of piperidine rings is 2. The molecule has 2 aliphatic heterocycles. The van der Waals surface area contributed by atoms with Gasteiger partial charge in [0.2, 0.25) is 0 Å². The highest BCUT2D eigenvalue weighted by atomic mass is 16.6. The van der Waals surface area contributed by atoms with Gasteiger partial charge in [-0.15, -0.1) is 0 Å². The zero-order chi connectivity index (χ0) is 32.8. The van der Waals surface area contributed by atoms with Crippen LogP contribution < -0.4 is 10.6 Å². The third kappa shape index (κ3) is 10.7. The Morgan fingerprint density at radius 3 is 1.81 bits per heavy atom. The van der Waals surface area contributed by atoms with Crippen molar-refractivity contribution >= 4 is 17.9 Å². The molecule has 0 radical (unpaired) electrons. The minimum Gasteiger partial charge on any atom is -0.446 e. The summed E-state index contributed by atoms with van der Waals surface area (Å²) < 4.78 is 11.5. The molecule has 0 unspecified atom stereocenters. The van der Waals surface area contributed by atoms with E-state index in [1.807, 2.05) is 86.6 Å². The molecule has 8 heteroatoms. The van der Waals surface area contributed by atoms with Crippen LogP contribution in [0.5, 0.6) is 0 Å². The number of carbonyl (C=O) groups excluding carboxylic acids is 2. The smallest absolute Gasteiger partial charge is 0.411 e. The van der Waals surface area contributed by atoms with Crippen molar-refractivity contribution in [1.29, 1.82) is 0 Å². The standard InChI is InChI=1S/C39H46N4O4/c1-30(29-32-13-5-3-6-14-32)31(2)40-38(44)46-34-19-25-42(26-20-34)23-11-12-24-43-27-21-35(22-28-43)47-39(45)41-37-18-10-9-17-36(37)33-15-7-4-8-16-33/h3-10,13-18,34-35H,19-29H2,1-2H3,(H,40,44)(H,41,45)/b31-30-. The monoisotopic (exact) mass is 634 g/mol.